The first kappa shape index (κ1) is 12.3. The minimum atomic E-state index is -1.23. The van der Waals surface area contributed by atoms with Crippen molar-refractivity contribution in [3.63, 3.8) is 0 Å². The van der Waals surface area contributed by atoms with Crippen LogP contribution in [-0.2, 0) is 16.6 Å². The third-order valence-corrected chi connectivity index (χ3v) is 4.57. The molecule has 0 aliphatic carbocycles. The summed E-state index contributed by atoms with van der Waals surface area (Å²) in [5, 5.41) is 0.504. The van der Waals surface area contributed by atoms with Crippen molar-refractivity contribution in [1.29, 1.82) is 0 Å². The van der Waals surface area contributed by atoms with Gasteiger partial charge in [0.2, 0.25) is 0 Å². The summed E-state index contributed by atoms with van der Waals surface area (Å²) in [5.74, 6) is 0.390. The van der Waals surface area contributed by atoms with Crippen LogP contribution < -0.4 is 0 Å². The molecule has 0 radical (unpaired) electrons. The fraction of sp³-hybridized carbons (Fsp3) is 0.0667. The van der Waals surface area contributed by atoms with Crippen LogP contribution in [-0.4, -0.2) is 23.6 Å². The quantitative estimate of drug-likeness (QED) is 0.632. The number of hydrogen-bond donors (Lipinski definition) is 1. The van der Waals surface area contributed by atoms with Crippen LogP contribution in [0.1, 0.15) is 5.56 Å². The highest BCUT2D eigenvalue weighted by Crippen LogP contribution is 2.17. The third-order valence-electron chi connectivity index (χ3n) is 3.37. The van der Waals surface area contributed by atoms with Crippen LogP contribution >= 0.6 is 0 Å². The Balaban J connectivity index is 1.70. The first-order valence-electron chi connectivity index (χ1n) is 6.55. The maximum Gasteiger partial charge on any atom is 0.197 e. The summed E-state index contributed by atoms with van der Waals surface area (Å²) in [7, 11) is -1.23. The molecule has 0 aliphatic rings. The second-order valence-electron chi connectivity index (χ2n) is 4.74. The molecule has 21 heavy (non-hydrogen) atoms. The summed E-state index contributed by atoms with van der Waals surface area (Å²) in [6.07, 6.45) is 5.54. The van der Waals surface area contributed by atoms with Crippen molar-refractivity contribution < 1.29 is 4.21 Å². The molecule has 1 unspecified atom stereocenters. The molecule has 0 saturated carbocycles. The fourth-order valence-corrected chi connectivity index (χ4v) is 3.44. The maximum absolute atomic E-state index is 12.5. The molecule has 1 N–H and O–H groups in total. The van der Waals surface area contributed by atoms with Crippen molar-refractivity contribution in [1.82, 2.24) is 19.4 Å². The molecule has 4 aromatic rings. The lowest BCUT2D eigenvalue weighted by atomic mass is 10.3. The number of imidazole rings is 2. The van der Waals surface area contributed by atoms with Gasteiger partial charge >= 0.3 is 0 Å². The first-order chi connectivity index (χ1) is 10.3. The number of H-pyrrole nitrogens is 1. The molecule has 6 heteroatoms. The molecule has 4 rings (SSSR count). The minimum Gasteiger partial charge on any atom is -0.331 e. The molecule has 1 aromatic carbocycles. The van der Waals surface area contributed by atoms with E-state index in [1.807, 2.05) is 53.2 Å². The summed E-state index contributed by atoms with van der Waals surface area (Å²) < 4.78 is 14.5. The molecule has 0 fully saturated rings. The van der Waals surface area contributed by atoms with E-state index in [-0.39, 0.29) is 0 Å². The number of fused-ring (bicyclic) bond motifs is 2. The average Bonchev–Trinajstić information content (AvgIpc) is 3.14. The van der Waals surface area contributed by atoms with E-state index in [4.69, 9.17) is 0 Å². The lowest BCUT2D eigenvalue weighted by molar-refractivity contribution is 0.677. The predicted octanol–water partition coefficient (Wildman–Crippen LogP) is 2.52. The first-order valence-corrected chi connectivity index (χ1v) is 7.87. The number of aromatic amines is 1. The van der Waals surface area contributed by atoms with Gasteiger partial charge in [0.15, 0.2) is 5.16 Å². The Kier molecular flexibility index (Phi) is 2.82. The molecule has 0 aliphatic heterocycles. The Morgan fingerprint density at radius 3 is 2.95 bits per heavy atom. The molecule has 104 valence electrons. The van der Waals surface area contributed by atoms with Gasteiger partial charge in [0.05, 0.1) is 27.6 Å². The number of rotatable bonds is 3. The van der Waals surface area contributed by atoms with Crippen molar-refractivity contribution in [3.8, 4) is 0 Å². The SMILES string of the molecule is O=S(Cc1cccn2ccnc12)c1nc2ccccc2[nH]1. The van der Waals surface area contributed by atoms with Crippen molar-refractivity contribution >= 4 is 27.5 Å². The van der Waals surface area contributed by atoms with Crippen LogP contribution in [0.5, 0.6) is 0 Å². The highest BCUT2D eigenvalue weighted by molar-refractivity contribution is 7.84. The molecule has 3 heterocycles. The van der Waals surface area contributed by atoms with Gasteiger partial charge < -0.3 is 9.38 Å². The molecular weight excluding hydrogens is 284 g/mol. The highest BCUT2D eigenvalue weighted by atomic mass is 32.2. The summed E-state index contributed by atoms with van der Waals surface area (Å²) >= 11 is 0. The number of para-hydroxylation sites is 2. The van der Waals surface area contributed by atoms with Crippen LogP contribution in [0.3, 0.4) is 0 Å². The smallest absolute Gasteiger partial charge is 0.197 e. The topological polar surface area (TPSA) is 63.1 Å². The largest absolute Gasteiger partial charge is 0.331 e. The van der Waals surface area contributed by atoms with E-state index < -0.39 is 10.8 Å². The Morgan fingerprint density at radius 1 is 1.14 bits per heavy atom. The number of pyridine rings is 1. The summed E-state index contributed by atoms with van der Waals surface area (Å²) in [6, 6.07) is 11.6. The molecule has 5 nitrogen and oxygen atoms in total. The van der Waals surface area contributed by atoms with Crippen molar-refractivity contribution in [2.24, 2.45) is 0 Å². The number of nitrogens with one attached hydrogen (secondary N) is 1. The van der Waals surface area contributed by atoms with E-state index in [2.05, 4.69) is 15.0 Å². The highest BCUT2D eigenvalue weighted by Gasteiger charge is 2.12. The second kappa shape index (κ2) is 4.82. The summed E-state index contributed by atoms with van der Waals surface area (Å²) in [4.78, 5) is 11.8. The van der Waals surface area contributed by atoms with Gasteiger partial charge in [-0.2, -0.15) is 0 Å². The van der Waals surface area contributed by atoms with Crippen molar-refractivity contribution in [3.05, 3.63) is 60.6 Å². The third kappa shape index (κ3) is 2.13. The summed E-state index contributed by atoms with van der Waals surface area (Å²) in [5.41, 5.74) is 3.52. The number of hydrogen-bond acceptors (Lipinski definition) is 3. The Morgan fingerprint density at radius 2 is 2.05 bits per heavy atom. The maximum atomic E-state index is 12.5. The van der Waals surface area contributed by atoms with Crippen LogP contribution in [0.2, 0.25) is 0 Å². The van der Waals surface area contributed by atoms with E-state index in [0.29, 0.717) is 10.9 Å². The summed E-state index contributed by atoms with van der Waals surface area (Å²) in [6.45, 7) is 0. The Hall–Kier alpha value is -2.47. The lowest BCUT2D eigenvalue weighted by Crippen LogP contribution is -2.00. The molecule has 0 saturated heterocycles. The lowest BCUT2D eigenvalue weighted by Gasteiger charge is -2.02. The van der Waals surface area contributed by atoms with E-state index in [9.17, 15) is 4.21 Å². The van der Waals surface area contributed by atoms with Gasteiger partial charge in [-0.05, 0) is 18.2 Å². The van der Waals surface area contributed by atoms with Gasteiger partial charge in [-0.15, -0.1) is 0 Å². The van der Waals surface area contributed by atoms with E-state index in [1.165, 1.54) is 0 Å². The molecule has 0 bridgehead atoms. The van der Waals surface area contributed by atoms with Gasteiger partial charge in [-0.25, -0.2) is 9.97 Å². The van der Waals surface area contributed by atoms with Crippen LogP contribution in [0.4, 0.5) is 0 Å². The molecule has 1 atom stereocenters. The van der Waals surface area contributed by atoms with Gasteiger partial charge in [0.25, 0.3) is 0 Å². The number of aromatic nitrogens is 4. The van der Waals surface area contributed by atoms with Crippen LogP contribution in [0.25, 0.3) is 16.7 Å². The molecular formula is C15H12N4OS. The normalized spacial score (nSPS) is 13.0. The van der Waals surface area contributed by atoms with Crippen LogP contribution in [0.15, 0.2) is 60.1 Å². The molecule has 3 aromatic heterocycles. The van der Waals surface area contributed by atoms with E-state index in [1.54, 1.807) is 6.20 Å². The zero-order valence-electron chi connectivity index (χ0n) is 11.1. The monoisotopic (exact) mass is 296 g/mol. The zero-order valence-corrected chi connectivity index (χ0v) is 11.9. The Bertz CT molecular complexity index is 923. The van der Waals surface area contributed by atoms with Gasteiger partial charge in [-0.3, -0.25) is 4.21 Å². The predicted molar refractivity (Wildman–Crippen MR) is 81.4 cm³/mol. The standard InChI is InChI=1S/C15H12N4OS/c20-21(15-17-12-5-1-2-6-13(12)18-15)10-11-4-3-8-19-9-7-16-14(11)19/h1-9H,10H2,(H,17,18). The second-order valence-corrected chi connectivity index (χ2v) is 6.11. The van der Waals surface area contributed by atoms with Crippen molar-refractivity contribution in [2.45, 2.75) is 10.9 Å². The number of benzene rings is 1. The molecule has 0 spiro atoms. The minimum absolute atomic E-state index is 0.390. The van der Waals surface area contributed by atoms with Crippen molar-refractivity contribution in [2.75, 3.05) is 0 Å². The van der Waals surface area contributed by atoms with E-state index in [0.717, 1.165) is 22.2 Å². The molecule has 0 amide bonds. The zero-order chi connectivity index (χ0) is 14.2. The van der Waals surface area contributed by atoms with Gasteiger partial charge in [-0.1, -0.05) is 18.2 Å². The van der Waals surface area contributed by atoms with Crippen LogP contribution in [0, 0.1) is 0 Å². The average molecular weight is 296 g/mol. The Labute approximate surface area is 123 Å². The fourth-order valence-electron chi connectivity index (χ4n) is 2.37. The van der Waals surface area contributed by atoms with Gasteiger partial charge in [0, 0.05) is 24.2 Å². The van der Waals surface area contributed by atoms with E-state index >= 15 is 0 Å². The van der Waals surface area contributed by atoms with Gasteiger partial charge in [0.1, 0.15) is 5.65 Å². The number of nitrogens with zero attached hydrogens (tertiary/aromatic N) is 3.